The summed E-state index contributed by atoms with van der Waals surface area (Å²) in [6.45, 7) is 3.69. The van der Waals surface area contributed by atoms with Crippen molar-refractivity contribution in [3.8, 4) is 17.6 Å². The number of thioether (sulfide) groups is 1. The number of hydrogen-bond donors (Lipinski definition) is 0. The largest absolute Gasteiger partial charge is 0.493 e. The molecule has 188 valence electrons. The lowest BCUT2D eigenvalue weighted by molar-refractivity contribution is -0.113. The highest BCUT2D eigenvalue weighted by molar-refractivity contribution is 9.10. The summed E-state index contributed by atoms with van der Waals surface area (Å²) in [6, 6.07) is 16.4. The van der Waals surface area contributed by atoms with Crippen LogP contribution in [0.5, 0.6) is 11.5 Å². The zero-order chi connectivity index (χ0) is 26.7. The highest BCUT2D eigenvalue weighted by atomic mass is 79.9. The van der Waals surface area contributed by atoms with Crippen LogP contribution in [0.2, 0.25) is 10.0 Å². The summed E-state index contributed by atoms with van der Waals surface area (Å²) in [5.41, 5.74) is 3.77. The number of halogens is 3. The Bertz CT molecular complexity index is 1500. The molecule has 37 heavy (non-hydrogen) atoms. The van der Waals surface area contributed by atoms with Crippen LogP contribution in [-0.4, -0.2) is 24.8 Å². The van der Waals surface area contributed by atoms with Crippen LogP contribution in [0.25, 0.3) is 6.08 Å². The van der Waals surface area contributed by atoms with E-state index in [-0.39, 0.29) is 12.5 Å². The van der Waals surface area contributed by atoms with Gasteiger partial charge in [0.25, 0.3) is 5.91 Å². The Morgan fingerprint density at radius 3 is 2.46 bits per heavy atom. The van der Waals surface area contributed by atoms with Crippen LogP contribution in [0.15, 0.2) is 62.9 Å². The molecule has 0 bridgehead atoms. The molecule has 3 aromatic carbocycles. The van der Waals surface area contributed by atoms with Crippen molar-refractivity contribution in [2.75, 3.05) is 18.6 Å². The monoisotopic (exact) mass is 615 g/mol. The third kappa shape index (κ3) is 5.97. The van der Waals surface area contributed by atoms with Crippen LogP contribution in [0, 0.1) is 25.2 Å². The predicted octanol–water partition coefficient (Wildman–Crippen LogP) is 8.09. The fourth-order valence-electron chi connectivity index (χ4n) is 3.48. The maximum Gasteiger partial charge on any atom is 0.271 e. The van der Waals surface area contributed by atoms with Gasteiger partial charge >= 0.3 is 0 Å². The number of carbonyl (C=O) groups is 1. The van der Waals surface area contributed by atoms with Crippen LogP contribution in [-0.2, 0) is 4.79 Å². The molecule has 10 heteroatoms. The normalized spacial score (nSPS) is 15.4. The number of ether oxygens (including phenoxy) is 2. The number of nitrogens with zero attached hydrogens (tertiary/aromatic N) is 3. The van der Waals surface area contributed by atoms with Gasteiger partial charge < -0.3 is 9.47 Å². The number of rotatable bonds is 6. The Balaban J connectivity index is 1.79. The Labute approximate surface area is 237 Å². The second-order valence-electron chi connectivity index (χ2n) is 7.99. The number of methoxy groups -OCH3 is 1. The van der Waals surface area contributed by atoms with Crippen molar-refractivity contribution in [1.29, 1.82) is 5.26 Å². The van der Waals surface area contributed by atoms with Gasteiger partial charge in [-0.15, -0.1) is 0 Å². The van der Waals surface area contributed by atoms with Gasteiger partial charge in [0.15, 0.2) is 23.3 Å². The van der Waals surface area contributed by atoms with Gasteiger partial charge in [-0.3, -0.25) is 9.69 Å². The number of carbonyl (C=O) groups excluding carboxylic acids is 1. The summed E-state index contributed by atoms with van der Waals surface area (Å²) >= 11 is 17.4. The van der Waals surface area contributed by atoms with Gasteiger partial charge in [0.2, 0.25) is 0 Å². The first-order chi connectivity index (χ1) is 17.7. The van der Waals surface area contributed by atoms with E-state index in [9.17, 15) is 4.79 Å². The number of amides is 1. The smallest absolute Gasteiger partial charge is 0.271 e. The molecule has 0 atom stereocenters. The Morgan fingerprint density at radius 2 is 1.81 bits per heavy atom. The molecule has 1 saturated heterocycles. The van der Waals surface area contributed by atoms with Gasteiger partial charge in [-0.25, -0.2) is 4.99 Å². The minimum absolute atomic E-state index is 0.124. The van der Waals surface area contributed by atoms with Crippen LogP contribution in [0.3, 0.4) is 0 Å². The summed E-state index contributed by atoms with van der Waals surface area (Å²) < 4.78 is 11.5. The highest BCUT2D eigenvalue weighted by Crippen LogP contribution is 2.41. The molecule has 0 radical (unpaired) electrons. The second kappa shape index (κ2) is 11.6. The highest BCUT2D eigenvalue weighted by Gasteiger charge is 2.35. The number of hydrogen-bond acceptors (Lipinski definition) is 6. The van der Waals surface area contributed by atoms with E-state index in [1.165, 1.54) is 23.8 Å². The van der Waals surface area contributed by atoms with E-state index in [1.54, 1.807) is 30.3 Å². The average molecular weight is 617 g/mol. The molecule has 1 aliphatic rings. The van der Waals surface area contributed by atoms with Crippen molar-refractivity contribution in [3.05, 3.63) is 84.6 Å². The molecule has 1 heterocycles. The molecular weight excluding hydrogens is 597 g/mol. The molecule has 6 nitrogen and oxygen atoms in total. The van der Waals surface area contributed by atoms with Gasteiger partial charge in [-0.2, -0.15) is 5.26 Å². The van der Waals surface area contributed by atoms with Crippen molar-refractivity contribution >= 4 is 79.4 Å². The standard InChI is InChI=1S/C27H20BrCl2N3O3S/c1-15-4-6-18(13-21(15)29)32-27-33(19-7-5-16(2)22(30)14-19)26(34)24(37-27)12-17-10-20(28)25(36-9-8-31)23(11-17)35-3/h4-7,10-14H,9H2,1-3H3/b24-12-,32-27?. The Kier molecular flexibility index (Phi) is 8.50. The van der Waals surface area contributed by atoms with Crippen molar-refractivity contribution in [2.24, 2.45) is 4.99 Å². The maximum absolute atomic E-state index is 13.7. The van der Waals surface area contributed by atoms with Crippen LogP contribution in [0.4, 0.5) is 11.4 Å². The molecule has 0 aliphatic carbocycles. The van der Waals surface area contributed by atoms with Crippen LogP contribution >= 0.6 is 50.9 Å². The first-order valence-corrected chi connectivity index (χ1v) is 13.3. The number of anilines is 1. The quantitative estimate of drug-likeness (QED) is 0.262. The first kappa shape index (κ1) is 27.1. The molecule has 4 rings (SSSR count). The van der Waals surface area contributed by atoms with E-state index in [0.29, 0.717) is 53.0 Å². The zero-order valence-electron chi connectivity index (χ0n) is 20.0. The maximum atomic E-state index is 13.7. The average Bonchev–Trinajstić information content (AvgIpc) is 3.16. The van der Waals surface area contributed by atoms with E-state index in [0.717, 1.165) is 11.1 Å². The SMILES string of the molecule is COc1cc(/C=C2\SC(=Nc3ccc(C)c(Cl)c3)N(c3ccc(C)c(Cl)c3)C2=O)cc(Br)c1OCC#N. The fraction of sp³-hybridized carbons (Fsp3) is 0.148. The molecule has 0 N–H and O–H groups in total. The number of aliphatic imine (C=N–C) groups is 1. The number of nitriles is 1. The lowest BCUT2D eigenvalue weighted by Crippen LogP contribution is -2.28. The molecule has 0 unspecified atom stereocenters. The van der Waals surface area contributed by atoms with Gasteiger partial charge in [0.1, 0.15) is 6.07 Å². The van der Waals surface area contributed by atoms with E-state index >= 15 is 0 Å². The van der Waals surface area contributed by atoms with Crippen molar-refractivity contribution in [1.82, 2.24) is 0 Å². The zero-order valence-corrected chi connectivity index (χ0v) is 23.9. The van der Waals surface area contributed by atoms with Crippen LogP contribution in [0.1, 0.15) is 16.7 Å². The Hall–Kier alpha value is -2.96. The van der Waals surface area contributed by atoms with Gasteiger partial charge in [-0.1, -0.05) is 35.3 Å². The lowest BCUT2D eigenvalue weighted by Gasteiger charge is -2.16. The lowest BCUT2D eigenvalue weighted by atomic mass is 10.1. The minimum Gasteiger partial charge on any atom is -0.493 e. The molecule has 3 aromatic rings. The summed E-state index contributed by atoms with van der Waals surface area (Å²) in [5.74, 6) is 0.588. The molecule has 0 aromatic heterocycles. The van der Waals surface area contributed by atoms with Crippen molar-refractivity contribution in [3.63, 3.8) is 0 Å². The summed E-state index contributed by atoms with van der Waals surface area (Å²) in [4.78, 5) is 20.4. The van der Waals surface area contributed by atoms with E-state index in [1.807, 2.05) is 44.2 Å². The Morgan fingerprint density at radius 1 is 1.11 bits per heavy atom. The molecule has 1 amide bonds. The van der Waals surface area contributed by atoms with E-state index < -0.39 is 0 Å². The van der Waals surface area contributed by atoms with E-state index in [2.05, 4.69) is 15.9 Å². The molecule has 0 spiro atoms. The van der Waals surface area contributed by atoms with Crippen LogP contribution < -0.4 is 14.4 Å². The first-order valence-electron chi connectivity index (χ1n) is 10.9. The molecule has 1 aliphatic heterocycles. The van der Waals surface area contributed by atoms with E-state index in [4.69, 9.17) is 42.9 Å². The number of amidine groups is 1. The third-order valence-corrected chi connectivity index (χ3v) is 7.80. The summed E-state index contributed by atoms with van der Waals surface area (Å²) in [6.07, 6.45) is 1.75. The molecule has 1 fully saturated rings. The van der Waals surface area contributed by atoms with Gasteiger partial charge in [-0.05, 0) is 101 Å². The topological polar surface area (TPSA) is 74.9 Å². The summed E-state index contributed by atoms with van der Waals surface area (Å²) in [5, 5.41) is 10.5. The van der Waals surface area contributed by atoms with Crippen molar-refractivity contribution < 1.29 is 14.3 Å². The third-order valence-electron chi connectivity index (χ3n) is 5.43. The predicted molar refractivity (Wildman–Crippen MR) is 154 cm³/mol. The number of benzene rings is 3. The summed E-state index contributed by atoms with van der Waals surface area (Å²) in [7, 11) is 1.51. The minimum atomic E-state index is -0.248. The molecule has 0 saturated carbocycles. The van der Waals surface area contributed by atoms with Crippen molar-refractivity contribution in [2.45, 2.75) is 13.8 Å². The second-order valence-corrected chi connectivity index (χ2v) is 10.7. The fourth-order valence-corrected chi connectivity index (χ4v) is 5.40. The van der Waals surface area contributed by atoms with Gasteiger partial charge in [0, 0.05) is 10.0 Å². The molecular formula is C27H20BrCl2N3O3S. The number of aryl methyl sites for hydroxylation is 2. The van der Waals surface area contributed by atoms with Gasteiger partial charge in [0.05, 0.1) is 27.9 Å².